The molecule has 1 saturated heterocycles. The monoisotopic (exact) mass is 519 g/mol. The number of hydrogen-bond acceptors (Lipinski definition) is 8. The lowest BCUT2D eigenvalue weighted by Gasteiger charge is -2.35. The number of piperazine rings is 1. The number of aromatic nitrogens is 4. The van der Waals surface area contributed by atoms with Gasteiger partial charge in [0.2, 0.25) is 5.91 Å². The summed E-state index contributed by atoms with van der Waals surface area (Å²) in [4.78, 5) is 29.8. The summed E-state index contributed by atoms with van der Waals surface area (Å²) in [6.07, 6.45) is 13.1. The Morgan fingerprint density at radius 1 is 1.18 bits per heavy atom. The first-order chi connectivity index (χ1) is 19.1. The van der Waals surface area contributed by atoms with Gasteiger partial charge in [-0.2, -0.15) is 10.4 Å². The number of fused-ring (bicyclic) bond motifs is 1. The Kier molecular flexibility index (Phi) is 7.59. The fraction of sp³-hybridized carbons (Fsp3) is 0.241. The van der Waals surface area contributed by atoms with Crippen LogP contribution in [0.1, 0.15) is 23.1 Å². The summed E-state index contributed by atoms with van der Waals surface area (Å²) in [5, 5.41) is 14.0. The van der Waals surface area contributed by atoms with E-state index in [1.807, 2.05) is 53.8 Å². The van der Waals surface area contributed by atoms with Crippen LogP contribution in [0.3, 0.4) is 0 Å². The van der Waals surface area contributed by atoms with Crippen LogP contribution in [0.4, 0.5) is 5.82 Å². The number of amides is 1. The topological polar surface area (TPSA) is 129 Å². The predicted octanol–water partition coefficient (Wildman–Crippen LogP) is 2.94. The van der Waals surface area contributed by atoms with Crippen molar-refractivity contribution in [3.8, 4) is 17.2 Å². The second-order valence-corrected chi connectivity index (χ2v) is 9.25. The van der Waals surface area contributed by atoms with Gasteiger partial charge < -0.3 is 15.5 Å². The molecule has 4 aromatic rings. The lowest BCUT2D eigenvalue weighted by atomic mass is 10.0. The Bertz CT molecular complexity index is 1560. The van der Waals surface area contributed by atoms with Gasteiger partial charge in [0, 0.05) is 99.1 Å². The van der Waals surface area contributed by atoms with Crippen molar-refractivity contribution in [1.29, 1.82) is 5.26 Å². The number of hydrogen-bond donors (Lipinski definition) is 1. The fourth-order valence-electron chi connectivity index (χ4n) is 4.81. The Morgan fingerprint density at radius 3 is 2.69 bits per heavy atom. The predicted molar refractivity (Wildman–Crippen MR) is 151 cm³/mol. The van der Waals surface area contributed by atoms with E-state index in [0.29, 0.717) is 50.1 Å². The molecular weight excluding hydrogens is 490 g/mol. The van der Waals surface area contributed by atoms with Gasteiger partial charge in [-0.15, -0.1) is 0 Å². The van der Waals surface area contributed by atoms with Gasteiger partial charge in [0.1, 0.15) is 11.9 Å². The maximum absolute atomic E-state index is 12.7. The average molecular weight is 520 g/mol. The number of pyridine rings is 3. The number of allylic oxidation sites excluding steroid dienone is 1. The number of aryl methyl sites for hydroxylation is 1. The molecule has 4 aromatic heterocycles. The fourth-order valence-corrected chi connectivity index (χ4v) is 4.81. The van der Waals surface area contributed by atoms with E-state index < -0.39 is 0 Å². The van der Waals surface area contributed by atoms with E-state index in [9.17, 15) is 10.1 Å². The minimum atomic E-state index is 0.166. The summed E-state index contributed by atoms with van der Waals surface area (Å²) >= 11 is 0. The highest BCUT2D eigenvalue weighted by Crippen LogP contribution is 2.30. The highest BCUT2D eigenvalue weighted by atomic mass is 16.2. The zero-order valence-corrected chi connectivity index (χ0v) is 21.7. The van der Waals surface area contributed by atoms with Crippen LogP contribution in [0.5, 0.6) is 0 Å². The lowest BCUT2D eigenvalue weighted by molar-refractivity contribution is -0.131. The van der Waals surface area contributed by atoms with E-state index in [1.165, 1.54) is 6.20 Å². The molecule has 0 aromatic carbocycles. The van der Waals surface area contributed by atoms with Gasteiger partial charge in [0.15, 0.2) is 0 Å². The molecule has 0 atom stereocenters. The third-order valence-corrected chi connectivity index (χ3v) is 6.88. The van der Waals surface area contributed by atoms with Crippen LogP contribution in [-0.4, -0.2) is 69.8 Å². The van der Waals surface area contributed by atoms with Crippen molar-refractivity contribution < 1.29 is 4.79 Å². The standard InChI is InChI=1S/C29H29N9O/c1-32-17-24(14-30)23-13-26(29-25(15-31)19-35-38(29)20-23)22-5-6-27(34-18-22)36-9-11-37(12-10-36)28(39)7-4-21-3-2-8-33-16-21/h2-3,5-6,8,13-14,16-20H,4,7,9-12,30H2,1H3. The highest BCUT2D eigenvalue weighted by Gasteiger charge is 2.22. The van der Waals surface area contributed by atoms with Crippen LogP contribution in [0.25, 0.3) is 22.2 Å². The molecule has 5 rings (SSSR count). The van der Waals surface area contributed by atoms with Crippen molar-refractivity contribution in [2.45, 2.75) is 12.8 Å². The molecule has 1 aliphatic heterocycles. The molecule has 10 heteroatoms. The van der Waals surface area contributed by atoms with Crippen molar-refractivity contribution in [1.82, 2.24) is 24.5 Å². The van der Waals surface area contributed by atoms with Crippen molar-refractivity contribution in [3.63, 3.8) is 0 Å². The Labute approximate surface area is 226 Å². The smallest absolute Gasteiger partial charge is 0.223 e. The van der Waals surface area contributed by atoms with Crippen LogP contribution < -0.4 is 10.6 Å². The molecule has 0 saturated carbocycles. The second-order valence-electron chi connectivity index (χ2n) is 9.25. The van der Waals surface area contributed by atoms with Crippen LogP contribution in [0.2, 0.25) is 0 Å². The molecule has 0 aliphatic carbocycles. The number of rotatable bonds is 7. The number of carbonyl (C=O) groups is 1. The van der Waals surface area contributed by atoms with Crippen LogP contribution in [0, 0.1) is 11.3 Å². The van der Waals surface area contributed by atoms with Crippen molar-refractivity contribution in [2.75, 3.05) is 38.1 Å². The molecule has 0 unspecified atom stereocenters. The van der Waals surface area contributed by atoms with Crippen LogP contribution in [0.15, 0.2) is 72.5 Å². The average Bonchev–Trinajstić information content (AvgIpc) is 3.42. The SMILES string of the molecule is CN=CC(=CN)c1cc(-c2ccc(N3CCN(C(=O)CCc4cccnc4)CC3)nc2)c2c(C#N)cnn2c1. The summed E-state index contributed by atoms with van der Waals surface area (Å²) in [6.45, 7) is 2.75. The van der Waals surface area contributed by atoms with Gasteiger partial charge in [-0.3, -0.25) is 14.8 Å². The molecule has 0 radical (unpaired) electrons. The lowest BCUT2D eigenvalue weighted by Crippen LogP contribution is -2.49. The maximum atomic E-state index is 12.7. The van der Waals surface area contributed by atoms with E-state index >= 15 is 0 Å². The first-order valence-electron chi connectivity index (χ1n) is 12.7. The number of nitrogens with two attached hydrogens (primary N) is 1. The van der Waals surface area contributed by atoms with E-state index in [1.54, 1.807) is 30.2 Å². The number of anilines is 1. The largest absolute Gasteiger partial charge is 0.404 e. The zero-order valence-electron chi connectivity index (χ0n) is 21.7. The van der Waals surface area contributed by atoms with E-state index in [0.717, 1.165) is 33.6 Å². The third-order valence-electron chi connectivity index (χ3n) is 6.88. The van der Waals surface area contributed by atoms with E-state index in [4.69, 9.17) is 10.7 Å². The first kappa shape index (κ1) is 25.6. The molecular formula is C29H29N9O. The molecule has 5 heterocycles. The van der Waals surface area contributed by atoms with Crippen molar-refractivity contribution in [2.24, 2.45) is 10.7 Å². The summed E-state index contributed by atoms with van der Waals surface area (Å²) in [5.41, 5.74) is 11.4. The molecule has 1 fully saturated rings. The zero-order chi connectivity index (χ0) is 27.2. The quantitative estimate of drug-likeness (QED) is 0.372. The molecule has 39 heavy (non-hydrogen) atoms. The van der Waals surface area contributed by atoms with Gasteiger partial charge in [-0.1, -0.05) is 6.07 Å². The molecule has 0 spiro atoms. The molecule has 0 bridgehead atoms. The molecule has 2 N–H and O–H groups in total. The van der Waals surface area contributed by atoms with Crippen LogP contribution >= 0.6 is 0 Å². The number of aliphatic imine (C=N–C) groups is 1. The third kappa shape index (κ3) is 5.48. The number of nitrogens with zero attached hydrogens (tertiary/aromatic N) is 8. The normalized spacial score (nSPS) is 14.2. The second kappa shape index (κ2) is 11.6. The van der Waals surface area contributed by atoms with Gasteiger partial charge >= 0.3 is 0 Å². The van der Waals surface area contributed by atoms with E-state index in [-0.39, 0.29) is 5.91 Å². The summed E-state index contributed by atoms with van der Waals surface area (Å²) in [6, 6.07) is 12.1. The van der Waals surface area contributed by atoms with Crippen LogP contribution in [-0.2, 0) is 11.2 Å². The maximum Gasteiger partial charge on any atom is 0.223 e. The molecule has 10 nitrogen and oxygen atoms in total. The van der Waals surface area contributed by atoms with Gasteiger partial charge in [0.25, 0.3) is 0 Å². The summed E-state index contributed by atoms with van der Waals surface area (Å²) in [7, 11) is 1.69. The van der Waals surface area contributed by atoms with E-state index in [2.05, 4.69) is 26.0 Å². The molecule has 1 amide bonds. The Balaban J connectivity index is 1.31. The number of carbonyl (C=O) groups excluding carboxylic acids is 1. The van der Waals surface area contributed by atoms with Crippen molar-refractivity contribution in [3.05, 3.63) is 84.2 Å². The summed E-state index contributed by atoms with van der Waals surface area (Å²) in [5.74, 6) is 1.02. The Morgan fingerprint density at radius 2 is 2.03 bits per heavy atom. The highest BCUT2D eigenvalue weighted by molar-refractivity contribution is 6.10. The summed E-state index contributed by atoms with van der Waals surface area (Å²) < 4.78 is 1.69. The van der Waals surface area contributed by atoms with Crippen molar-refractivity contribution >= 4 is 29.0 Å². The minimum absolute atomic E-state index is 0.166. The molecule has 196 valence electrons. The number of nitriles is 1. The Hall–Kier alpha value is -5.04. The van der Waals surface area contributed by atoms with Gasteiger partial charge in [-0.25, -0.2) is 9.50 Å². The van der Waals surface area contributed by atoms with Gasteiger partial charge in [-0.05, 0) is 36.2 Å². The first-order valence-corrected chi connectivity index (χ1v) is 12.7. The minimum Gasteiger partial charge on any atom is -0.404 e. The van der Waals surface area contributed by atoms with Gasteiger partial charge in [0.05, 0.1) is 17.3 Å². The molecule has 1 aliphatic rings.